The van der Waals surface area contributed by atoms with Crippen molar-refractivity contribution in [2.45, 2.75) is 33.6 Å². The summed E-state index contributed by atoms with van der Waals surface area (Å²) < 4.78 is 5.80. The van der Waals surface area contributed by atoms with E-state index >= 15 is 0 Å². The normalized spacial score (nSPS) is 14.0. The second kappa shape index (κ2) is 8.48. The summed E-state index contributed by atoms with van der Waals surface area (Å²) in [6.45, 7) is 8.55. The molecule has 0 unspecified atom stereocenters. The van der Waals surface area contributed by atoms with Gasteiger partial charge in [-0.3, -0.25) is 0 Å². The van der Waals surface area contributed by atoms with Gasteiger partial charge in [0.05, 0.1) is 12.3 Å². The van der Waals surface area contributed by atoms with Gasteiger partial charge < -0.3 is 14.5 Å². The van der Waals surface area contributed by atoms with Crippen molar-refractivity contribution in [1.82, 2.24) is 14.9 Å². The van der Waals surface area contributed by atoms with Crippen LogP contribution in [0.4, 0.5) is 17.2 Å². The zero-order valence-electron chi connectivity index (χ0n) is 17.0. The molecule has 1 aliphatic heterocycles. The summed E-state index contributed by atoms with van der Waals surface area (Å²) in [4.78, 5) is 18.0. The number of nitrogens with zero attached hydrogens (tertiary/aromatic N) is 5. The Morgan fingerprint density at radius 3 is 2.85 bits per heavy atom. The molecule has 27 heavy (non-hydrogen) atoms. The molecule has 1 aliphatic rings. The lowest BCUT2D eigenvalue weighted by Gasteiger charge is -2.21. The van der Waals surface area contributed by atoms with Crippen LogP contribution in [0.15, 0.2) is 29.5 Å². The summed E-state index contributed by atoms with van der Waals surface area (Å²) in [5.74, 6) is 1.50. The Balaban J connectivity index is 1.83. The Morgan fingerprint density at radius 1 is 1.26 bits per heavy atom. The summed E-state index contributed by atoms with van der Waals surface area (Å²) in [6.07, 6.45) is 3.60. The van der Waals surface area contributed by atoms with Gasteiger partial charge in [-0.05, 0) is 52.4 Å². The molecule has 1 aromatic heterocycles. The van der Waals surface area contributed by atoms with Gasteiger partial charge in [0, 0.05) is 25.7 Å². The van der Waals surface area contributed by atoms with Gasteiger partial charge in [0.25, 0.3) is 0 Å². The van der Waals surface area contributed by atoms with Gasteiger partial charge >= 0.3 is 0 Å². The Kier molecular flexibility index (Phi) is 6.06. The minimum Gasteiger partial charge on any atom is -0.481 e. The van der Waals surface area contributed by atoms with Crippen molar-refractivity contribution in [3.05, 3.63) is 41.3 Å². The maximum Gasteiger partial charge on any atom is 0.185 e. The molecule has 1 aromatic carbocycles. The number of anilines is 2. The van der Waals surface area contributed by atoms with Gasteiger partial charge in [0.1, 0.15) is 12.0 Å². The molecule has 0 fully saturated rings. The summed E-state index contributed by atoms with van der Waals surface area (Å²) in [5, 5.41) is 0. The molecular weight excluding hydrogens is 338 g/mol. The summed E-state index contributed by atoms with van der Waals surface area (Å²) >= 11 is 0. The van der Waals surface area contributed by atoms with Crippen LogP contribution in [-0.4, -0.2) is 54.6 Å². The quantitative estimate of drug-likeness (QED) is 0.441. The zero-order valence-corrected chi connectivity index (χ0v) is 17.0. The highest BCUT2D eigenvalue weighted by Gasteiger charge is 2.24. The monoisotopic (exact) mass is 367 g/mol. The Bertz CT molecular complexity index is 831. The van der Waals surface area contributed by atoms with Gasteiger partial charge in [-0.25, -0.2) is 15.0 Å². The molecule has 2 heterocycles. The zero-order chi connectivity index (χ0) is 19.4. The largest absolute Gasteiger partial charge is 0.481 e. The molecular formula is C21H29N5O. The highest BCUT2D eigenvalue weighted by Crippen LogP contribution is 2.39. The van der Waals surface area contributed by atoms with E-state index in [4.69, 9.17) is 9.73 Å². The summed E-state index contributed by atoms with van der Waals surface area (Å²) in [7, 11) is 4.13. The lowest BCUT2D eigenvalue weighted by atomic mass is 10.1. The first-order chi connectivity index (χ1) is 13.0. The van der Waals surface area contributed by atoms with Crippen molar-refractivity contribution in [2.24, 2.45) is 4.99 Å². The average Bonchev–Trinajstić information content (AvgIpc) is 3.03. The molecule has 0 bridgehead atoms. The lowest BCUT2D eigenvalue weighted by molar-refractivity contribution is 0.270. The standard InChI is InChI=1S/C21H29N5O/c1-15-7-8-19-18(13-15)9-11-26(19)21-20(16(2)22-14-23-21)24-17(3)27-12-6-10-25(4)5/h7-8,13-14H,6,9-12H2,1-5H3. The molecule has 0 aliphatic carbocycles. The van der Waals surface area contributed by atoms with Crippen LogP contribution in [0.2, 0.25) is 0 Å². The number of benzene rings is 1. The smallest absolute Gasteiger partial charge is 0.185 e. The van der Waals surface area contributed by atoms with Gasteiger partial charge in [-0.15, -0.1) is 0 Å². The molecule has 6 nitrogen and oxygen atoms in total. The number of fused-ring (bicyclic) bond motifs is 1. The lowest BCUT2D eigenvalue weighted by Crippen LogP contribution is -2.16. The van der Waals surface area contributed by atoms with Crippen LogP contribution in [0.3, 0.4) is 0 Å². The minimum atomic E-state index is 0.649. The second-order valence-corrected chi connectivity index (χ2v) is 7.30. The third-order valence-corrected chi connectivity index (χ3v) is 4.70. The maximum absolute atomic E-state index is 5.80. The first kappa shape index (κ1) is 19.3. The predicted molar refractivity (Wildman–Crippen MR) is 111 cm³/mol. The number of ether oxygens (including phenoxy) is 1. The van der Waals surface area contributed by atoms with Crippen LogP contribution in [-0.2, 0) is 11.2 Å². The van der Waals surface area contributed by atoms with Crippen molar-refractivity contribution >= 4 is 23.1 Å². The molecule has 6 heteroatoms. The molecule has 0 radical (unpaired) electrons. The van der Waals surface area contributed by atoms with Crippen molar-refractivity contribution in [3.63, 3.8) is 0 Å². The van der Waals surface area contributed by atoms with Crippen LogP contribution >= 0.6 is 0 Å². The first-order valence-corrected chi connectivity index (χ1v) is 9.47. The molecule has 0 amide bonds. The molecule has 144 valence electrons. The van der Waals surface area contributed by atoms with E-state index in [1.54, 1.807) is 6.33 Å². The topological polar surface area (TPSA) is 53.9 Å². The highest BCUT2D eigenvalue weighted by molar-refractivity contribution is 5.83. The van der Waals surface area contributed by atoms with Crippen molar-refractivity contribution in [2.75, 3.05) is 38.7 Å². The molecule has 0 saturated heterocycles. The molecule has 0 saturated carbocycles. The Hall–Kier alpha value is -2.47. The Morgan fingerprint density at radius 2 is 2.07 bits per heavy atom. The fourth-order valence-electron chi connectivity index (χ4n) is 3.32. The van der Waals surface area contributed by atoms with E-state index in [9.17, 15) is 0 Å². The summed E-state index contributed by atoms with van der Waals surface area (Å²) in [5.41, 5.74) is 5.50. The molecule has 0 spiro atoms. The van der Waals surface area contributed by atoms with E-state index in [0.29, 0.717) is 12.5 Å². The number of hydrogen-bond acceptors (Lipinski definition) is 6. The van der Waals surface area contributed by atoms with E-state index < -0.39 is 0 Å². The number of rotatable bonds is 6. The van der Waals surface area contributed by atoms with Gasteiger partial charge in [0.15, 0.2) is 11.7 Å². The molecule has 3 rings (SSSR count). The molecule has 2 aromatic rings. The minimum absolute atomic E-state index is 0.649. The van der Waals surface area contributed by atoms with E-state index in [2.05, 4.69) is 59.0 Å². The van der Waals surface area contributed by atoms with Crippen LogP contribution in [0.5, 0.6) is 0 Å². The van der Waals surface area contributed by atoms with Crippen LogP contribution in [0, 0.1) is 13.8 Å². The SMILES string of the molecule is CC(=Nc1c(C)ncnc1N1CCc2cc(C)ccc21)OCCCN(C)C. The predicted octanol–water partition coefficient (Wildman–Crippen LogP) is 3.81. The van der Waals surface area contributed by atoms with Crippen molar-refractivity contribution < 1.29 is 4.74 Å². The van der Waals surface area contributed by atoms with E-state index in [1.807, 2.05) is 13.8 Å². The van der Waals surface area contributed by atoms with Crippen LogP contribution in [0.25, 0.3) is 0 Å². The van der Waals surface area contributed by atoms with Crippen molar-refractivity contribution in [3.8, 4) is 0 Å². The average molecular weight is 367 g/mol. The number of hydrogen-bond donors (Lipinski definition) is 0. The van der Waals surface area contributed by atoms with Crippen LogP contribution in [0.1, 0.15) is 30.2 Å². The van der Waals surface area contributed by atoms with Crippen LogP contribution < -0.4 is 4.90 Å². The van der Waals surface area contributed by atoms with Gasteiger partial charge in [-0.2, -0.15) is 0 Å². The van der Waals surface area contributed by atoms with E-state index in [-0.39, 0.29) is 0 Å². The number of aliphatic imine (C=N–C) groups is 1. The van der Waals surface area contributed by atoms with Gasteiger partial charge in [-0.1, -0.05) is 17.7 Å². The molecule has 0 N–H and O–H groups in total. The summed E-state index contributed by atoms with van der Waals surface area (Å²) in [6, 6.07) is 6.58. The fraction of sp³-hybridized carbons (Fsp3) is 0.476. The Labute approximate surface area is 161 Å². The fourth-order valence-corrected chi connectivity index (χ4v) is 3.32. The highest BCUT2D eigenvalue weighted by atomic mass is 16.5. The molecule has 0 atom stereocenters. The van der Waals surface area contributed by atoms with E-state index in [0.717, 1.165) is 43.1 Å². The van der Waals surface area contributed by atoms with Gasteiger partial charge in [0.2, 0.25) is 0 Å². The van der Waals surface area contributed by atoms with Crippen molar-refractivity contribution in [1.29, 1.82) is 0 Å². The maximum atomic E-state index is 5.80. The second-order valence-electron chi connectivity index (χ2n) is 7.30. The number of aryl methyl sites for hydroxylation is 2. The first-order valence-electron chi connectivity index (χ1n) is 9.47. The number of aromatic nitrogens is 2. The third-order valence-electron chi connectivity index (χ3n) is 4.70. The van der Waals surface area contributed by atoms with E-state index in [1.165, 1.54) is 16.8 Å². The third kappa shape index (κ3) is 4.63.